The van der Waals surface area contributed by atoms with Gasteiger partial charge in [-0.2, -0.15) is 0 Å². The number of phenols is 1. The Kier molecular flexibility index (Phi) is 4.23. The monoisotopic (exact) mass is 303 g/mol. The maximum Gasteiger partial charge on any atom is 0.259 e. The van der Waals surface area contributed by atoms with Crippen molar-refractivity contribution in [1.29, 1.82) is 0 Å². The number of halogens is 2. The summed E-state index contributed by atoms with van der Waals surface area (Å²) in [5.74, 6) is -0.484. The lowest BCUT2D eigenvalue weighted by Gasteiger charge is -2.19. The first-order valence-electron chi connectivity index (χ1n) is 6.05. The third-order valence-corrected chi connectivity index (χ3v) is 3.96. The number of aliphatic hydroxyl groups excluding tert-OH is 1. The smallest absolute Gasteiger partial charge is 0.259 e. The highest BCUT2D eigenvalue weighted by molar-refractivity contribution is 6.37. The van der Waals surface area contributed by atoms with E-state index in [0.29, 0.717) is 13.1 Å². The molecule has 1 heterocycles. The Hall–Kier alpha value is -0.970. The normalized spacial score (nSPS) is 20.6. The van der Waals surface area contributed by atoms with Crippen LogP contribution in [0.3, 0.4) is 0 Å². The largest absolute Gasteiger partial charge is 0.507 e. The summed E-state index contributed by atoms with van der Waals surface area (Å²) in [4.78, 5) is 13.9. The van der Waals surface area contributed by atoms with Crippen LogP contribution in [0.4, 0.5) is 0 Å². The van der Waals surface area contributed by atoms with Gasteiger partial charge in [0.25, 0.3) is 5.91 Å². The lowest BCUT2D eigenvalue weighted by atomic mass is 10.0. The zero-order valence-corrected chi connectivity index (χ0v) is 11.9. The molecule has 19 heavy (non-hydrogen) atoms. The number of rotatable bonds is 2. The summed E-state index contributed by atoms with van der Waals surface area (Å²) in [6, 6.07) is 2.72. The zero-order chi connectivity index (χ0) is 14.2. The lowest BCUT2D eigenvalue weighted by Crippen LogP contribution is -2.30. The van der Waals surface area contributed by atoms with E-state index >= 15 is 0 Å². The van der Waals surface area contributed by atoms with Gasteiger partial charge in [-0.15, -0.1) is 0 Å². The molecule has 2 atom stereocenters. The minimum atomic E-state index is -0.452. The summed E-state index contributed by atoms with van der Waals surface area (Å²) in [7, 11) is 0. The van der Waals surface area contributed by atoms with Gasteiger partial charge in [-0.3, -0.25) is 4.79 Å². The first-order chi connectivity index (χ1) is 8.90. The summed E-state index contributed by atoms with van der Waals surface area (Å²) in [5.41, 5.74) is 0.0670. The van der Waals surface area contributed by atoms with Crippen molar-refractivity contribution in [3.8, 4) is 5.75 Å². The minimum Gasteiger partial charge on any atom is -0.507 e. The predicted molar refractivity (Wildman–Crippen MR) is 73.8 cm³/mol. The van der Waals surface area contributed by atoms with Gasteiger partial charge in [0.15, 0.2) is 0 Å². The van der Waals surface area contributed by atoms with Crippen LogP contribution in [-0.4, -0.2) is 40.2 Å². The van der Waals surface area contributed by atoms with E-state index in [1.54, 1.807) is 11.8 Å². The van der Waals surface area contributed by atoms with Gasteiger partial charge >= 0.3 is 0 Å². The number of hydrogen-bond donors (Lipinski definition) is 2. The van der Waals surface area contributed by atoms with Crippen LogP contribution >= 0.6 is 23.2 Å². The molecule has 1 aliphatic heterocycles. The molecule has 0 radical (unpaired) electrons. The molecule has 4 nitrogen and oxygen atoms in total. The van der Waals surface area contributed by atoms with Crippen LogP contribution in [0.1, 0.15) is 23.7 Å². The molecule has 0 aliphatic carbocycles. The molecule has 0 aromatic heterocycles. The summed E-state index contributed by atoms with van der Waals surface area (Å²) >= 11 is 11.7. The van der Waals surface area contributed by atoms with Gasteiger partial charge in [0.1, 0.15) is 5.75 Å². The second kappa shape index (κ2) is 5.57. The van der Waals surface area contributed by atoms with Gasteiger partial charge in [-0.1, -0.05) is 23.2 Å². The molecule has 2 N–H and O–H groups in total. The molecule has 1 amide bonds. The number of nitrogens with zero attached hydrogens (tertiary/aromatic N) is 1. The predicted octanol–water partition coefficient (Wildman–Crippen LogP) is 2.54. The topological polar surface area (TPSA) is 60.8 Å². The number of hydrogen-bond acceptors (Lipinski definition) is 3. The molecular formula is C13H15Cl2NO3. The van der Waals surface area contributed by atoms with E-state index in [1.807, 2.05) is 0 Å². The summed E-state index contributed by atoms with van der Waals surface area (Å²) in [5, 5.41) is 19.8. The van der Waals surface area contributed by atoms with Crippen LogP contribution in [0.5, 0.6) is 5.75 Å². The molecule has 0 spiro atoms. The fraction of sp³-hybridized carbons (Fsp3) is 0.462. The highest BCUT2D eigenvalue weighted by Crippen LogP contribution is 2.32. The summed E-state index contributed by atoms with van der Waals surface area (Å²) in [6.07, 6.45) is 0.294. The van der Waals surface area contributed by atoms with Gasteiger partial charge in [-0.25, -0.2) is 0 Å². The fourth-order valence-corrected chi connectivity index (χ4v) is 2.86. The van der Waals surface area contributed by atoms with E-state index < -0.39 is 6.10 Å². The molecule has 2 rings (SSSR count). The Balaban J connectivity index is 2.22. The quantitative estimate of drug-likeness (QED) is 0.882. The number of aromatic hydroxyl groups is 1. The van der Waals surface area contributed by atoms with Crippen molar-refractivity contribution in [2.45, 2.75) is 19.4 Å². The molecule has 104 valence electrons. The van der Waals surface area contributed by atoms with Gasteiger partial charge in [0, 0.05) is 24.0 Å². The van der Waals surface area contributed by atoms with E-state index in [9.17, 15) is 15.0 Å². The fourth-order valence-electron chi connectivity index (χ4n) is 2.30. The highest BCUT2D eigenvalue weighted by atomic mass is 35.5. The van der Waals surface area contributed by atoms with Crippen LogP contribution in [0.15, 0.2) is 12.1 Å². The van der Waals surface area contributed by atoms with Crippen LogP contribution in [0.25, 0.3) is 0 Å². The van der Waals surface area contributed by atoms with E-state index in [2.05, 4.69) is 0 Å². The van der Waals surface area contributed by atoms with Crippen molar-refractivity contribution in [3.63, 3.8) is 0 Å². The van der Waals surface area contributed by atoms with E-state index in [1.165, 1.54) is 12.1 Å². The third kappa shape index (κ3) is 2.96. The Bertz CT molecular complexity index is 482. The lowest BCUT2D eigenvalue weighted by molar-refractivity contribution is 0.0760. The minimum absolute atomic E-state index is 0.0668. The highest BCUT2D eigenvalue weighted by Gasteiger charge is 2.31. The van der Waals surface area contributed by atoms with Gasteiger partial charge in [-0.05, 0) is 25.5 Å². The number of carbonyl (C=O) groups excluding carboxylic acids is 1. The van der Waals surface area contributed by atoms with Crippen LogP contribution in [0.2, 0.25) is 10.0 Å². The third-order valence-electron chi connectivity index (χ3n) is 3.44. The molecule has 1 aliphatic rings. The first-order valence-corrected chi connectivity index (χ1v) is 6.81. The maximum absolute atomic E-state index is 12.3. The average molecular weight is 304 g/mol. The molecule has 6 heteroatoms. The number of phenolic OH excluding ortho intramolecular Hbond substituents is 1. The molecular weight excluding hydrogens is 289 g/mol. The molecule has 1 saturated heterocycles. The maximum atomic E-state index is 12.3. The Morgan fingerprint density at radius 3 is 2.68 bits per heavy atom. The second-order valence-corrected chi connectivity index (χ2v) is 5.67. The number of likely N-dealkylation sites (tertiary alicyclic amines) is 1. The van der Waals surface area contributed by atoms with Crippen molar-refractivity contribution in [2.75, 3.05) is 13.1 Å². The second-order valence-electron chi connectivity index (χ2n) is 4.82. The Morgan fingerprint density at radius 2 is 2.16 bits per heavy atom. The van der Waals surface area contributed by atoms with Gasteiger partial charge < -0.3 is 15.1 Å². The molecule has 1 fully saturated rings. The zero-order valence-electron chi connectivity index (χ0n) is 10.4. The van der Waals surface area contributed by atoms with Crippen molar-refractivity contribution in [1.82, 2.24) is 4.90 Å². The number of benzene rings is 1. The van der Waals surface area contributed by atoms with E-state index in [-0.39, 0.29) is 33.2 Å². The number of aliphatic hydroxyl groups is 1. The van der Waals surface area contributed by atoms with Gasteiger partial charge in [0.2, 0.25) is 0 Å². The van der Waals surface area contributed by atoms with Crippen molar-refractivity contribution in [3.05, 3.63) is 27.7 Å². The SMILES string of the molecule is CC(O)C1CCN(C(=O)c2c(O)cc(Cl)cc2Cl)C1. The van der Waals surface area contributed by atoms with Crippen LogP contribution < -0.4 is 0 Å². The molecule has 1 aromatic rings. The Morgan fingerprint density at radius 1 is 1.47 bits per heavy atom. The summed E-state index contributed by atoms with van der Waals surface area (Å²) < 4.78 is 0. The standard InChI is InChI=1S/C13H15Cl2NO3/c1-7(17)8-2-3-16(6-8)13(19)12-10(15)4-9(14)5-11(12)18/h4-5,7-8,17-18H,2-3,6H2,1H3. The molecule has 0 bridgehead atoms. The molecule has 0 saturated carbocycles. The first kappa shape index (κ1) is 14.4. The van der Waals surface area contributed by atoms with Crippen LogP contribution in [0, 0.1) is 5.92 Å². The van der Waals surface area contributed by atoms with Crippen LogP contribution in [-0.2, 0) is 0 Å². The molecule has 1 aromatic carbocycles. The van der Waals surface area contributed by atoms with Crippen molar-refractivity contribution >= 4 is 29.1 Å². The Labute approximate surface area is 121 Å². The number of carbonyl (C=O) groups is 1. The molecule has 2 unspecified atom stereocenters. The van der Waals surface area contributed by atoms with Crippen molar-refractivity contribution < 1.29 is 15.0 Å². The average Bonchev–Trinajstić information content (AvgIpc) is 2.76. The van der Waals surface area contributed by atoms with Crippen molar-refractivity contribution in [2.24, 2.45) is 5.92 Å². The van der Waals surface area contributed by atoms with E-state index in [0.717, 1.165) is 6.42 Å². The number of amides is 1. The summed E-state index contributed by atoms with van der Waals surface area (Å²) in [6.45, 7) is 2.73. The van der Waals surface area contributed by atoms with Gasteiger partial charge in [0.05, 0.1) is 16.7 Å². The van der Waals surface area contributed by atoms with E-state index in [4.69, 9.17) is 23.2 Å².